The number of sulfone groups is 1. The van der Waals surface area contributed by atoms with E-state index >= 15 is 0 Å². The molecule has 24 heavy (non-hydrogen) atoms. The monoisotopic (exact) mass is 355 g/mol. The van der Waals surface area contributed by atoms with E-state index in [1.54, 1.807) is 6.26 Å². The van der Waals surface area contributed by atoms with Gasteiger partial charge in [0, 0.05) is 45.3 Å². The third kappa shape index (κ3) is 4.80. The first-order chi connectivity index (χ1) is 11.3. The second-order valence-electron chi connectivity index (χ2n) is 7.11. The molecule has 0 unspecified atom stereocenters. The molecule has 1 aliphatic heterocycles. The first-order valence-electron chi connectivity index (χ1n) is 8.40. The largest absolute Gasteiger partial charge is 0.449 e. The van der Waals surface area contributed by atoms with Gasteiger partial charge in [0.25, 0.3) is 0 Å². The van der Waals surface area contributed by atoms with Gasteiger partial charge in [-0.1, -0.05) is 0 Å². The number of nitrogens with zero attached hydrogens (tertiary/aromatic N) is 2. The van der Waals surface area contributed by atoms with Crippen molar-refractivity contribution in [3.8, 4) is 0 Å². The molecule has 1 aliphatic carbocycles. The Kier molecular flexibility index (Phi) is 4.96. The van der Waals surface area contributed by atoms with Crippen molar-refractivity contribution in [3.63, 3.8) is 0 Å². The molecule has 8 heteroatoms. The van der Waals surface area contributed by atoms with Crippen LogP contribution in [0.2, 0.25) is 0 Å². The van der Waals surface area contributed by atoms with E-state index in [1.165, 1.54) is 12.8 Å². The molecule has 0 radical (unpaired) electrons. The lowest BCUT2D eigenvalue weighted by Gasteiger charge is -2.19. The molecule has 1 aromatic rings. The molecule has 7 nitrogen and oxygen atoms in total. The number of aromatic nitrogens is 1. The molecule has 2 aliphatic rings. The van der Waals surface area contributed by atoms with Crippen LogP contribution in [0, 0.1) is 18.8 Å². The molecule has 1 N–H and O–H groups in total. The minimum atomic E-state index is -3.11. The Bertz CT molecular complexity index is 696. The lowest BCUT2D eigenvalue weighted by molar-refractivity contribution is -0.121. The minimum absolute atomic E-state index is 0.0369. The third-order valence-electron chi connectivity index (χ3n) is 4.77. The fraction of sp³-hybridized carbons (Fsp3) is 0.750. The van der Waals surface area contributed by atoms with Gasteiger partial charge in [-0.2, -0.15) is 0 Å². The van der Waals surface area contributed by atoms with E-state index in [4.69, 9.17) is 4.42 Å². The van der Waals surface area contributed by atoms with E-state index < -0.39 is 9.84 Å². The van der Waals surface area contributed by atoms with Crippen LogP contribution in [0.15, 0.2) is 10.7 Å². The summed E-state index contributed by atoms with van der Waals surface area (Å²) in [6.45, 7) is 4.26. The summed E-state index contributed by atoms with van der Waals surface area (Å²) in [5.41, 5.74) is 0.908. The highest BCUT2D eigenvalue weighted by Gasteiger charge is 2.43. The third-order valence-corrected chi connectivity index (χ3v) is 5.71. The fourth-order valence-electron chi connectivity index (χ4n) is 3.46. The van der Waals surface area contributed by atoms with Gasteiger partial charge in [-0.3, -0.25) is 9.69 Å². The molecular formula is C16H25N3O4S. The Balaban J connectivity index is 1.56. The summed E-state index contributed by atoms with van der Waals surface area (Å²) in [6, 6.07) is 0.0950. The second kappa shape index (κ2) is 6.84. The number of carbonyl (C=O) groups is 1. The summed E-state index contributed by atoms with van der Waals surface area (Å²) < 4.78 is 27.7. The number of hydrogen-bond donors (Lipinski definition) is 1. The van der Waals surface area contributed by atoms with Crippen LogP contribution in [0.1, 0.15) is 30.8 Å². The fourth-order valence-corrected chi connectivity index (χ4v) is 4.02. The molecule has 2 atom stereocenters. The minimum Gasteiger partial charge on any atom is -0.449 e. The summed E-state index contributed by atoms with van der Waals surface area (Å²) in [5, 5.41) is 3.05. The summed E-state index contributed by atoms with van der Waals surface area (Å²) >= 11 is 0. The molecule has 1 saturated carbocycles. The normalized spacial score (nSPS) is 25.1. The SMILES string of the molecule is Cc1nc(CN2C[C@@H](NC(=O)CCS(C)(=O)=O)[C@H](C3CC3)C2)co1. The predicted octanol–water partition coefficient (Wildman–Crippen LogP) is 0.744. The number of hydrogen-bond acceptors (Lipinski definition) is 6. The molecule has 3 rings (SSSR count). The first-order valence-corrected chi connectivity index (χ1v) is 10.5. The number of rotatable bonds is 7. The lowest BCUT2D eigenvalue weighted by atomic mass is 9.98. The number of carbonyl (C=O) groups excluding carboxylic acids is 1. The lowest BCUT2D eigenvalue weighted by Crippen LogP contribution is -2.41. The highest BCUT2D eigenvalue weighted by atomic mass is 32.2. The van der Waals surface area contributed by atoms with E-state index in [9.17, 15) is 13.2 Å². The maximum Gasteiger partial charge on any atom is 0.221 e. The molecule has 1 aromatic heterocycles. The zero-order valence-electron chi connectivity index (χ0n) is 14.2. The van der Waals surface area contributed by atoms with Crippen LogP contribution in [0.25, 0.3) is 0 Å². The molecule has 0 spiro atoms. The zero-order valence-corrected chi connectivity index (χ0v) is 15.0. The van der Waals surface area contributed by atoms with Gasteiger partial charge >= 0.3 is 0 Å². The predicted molar refractivity (Wildman–Crippen MR) is 89.0 cm³/mol. The number of amides is 1. The molecule has 0 bridgehead atoms. The summed E-state index contributed by atoms with van der Waals surface area (Å²) in [4.78, 5) is 18.7. The summed E-state index contributed by atoms with van der Waals surface area (Å²) in [7, 11) is -3.11. The Morgan fingerprint density at radius 2 is 2.17 bits per heavy atom. The van der Waals surface area contributed by atoms with Gasteiger partial charge in [-0.15, -0.1) is 0 Å². The zero-order chi connectivity index (χ0) is 17.3. The van der Waals surface area contributed by atoms with Crippen LogP contribution in [0.4, 0.5) is 0 Å². The van der Waals surface area contributed by atoms with Crippen molar-refractivity contribution < 1.29 is 17.6 Å². The summed E-state index contributed by atoms with van der Waals surface area (Å²) in [5.74, 6) is 1.51. The molecule has 2 heterocycles. The van der Waals surface area contributed by atoms with E-state index in [0.29, 0.717) is 17.7 Å². The van der Waals surface area contributed by atoms with Crippen LogP contribution in [-0.4, -0.2) is 55.3 Å². The highest BCUT2D eigenvalue weighted by molar-refractivity contribution is 7.90. The topological polar surface area (TPSA) is 92.5 Å². The Morgan fingerprint density at radius 1 is 1.42 bits per heavy atom. The van der Waals surface area contributed by atoms with Crippen molar-refractivity contribution in [2.75, 3.05) is 25.1 Å². The van der Waals surface area contributed by atoms with Crippen LogP contribution in [-0.2, 0) is 21.2 Å². The first kappa shape index (κ1) is 17.4. The van der Waals surface area contributed by atoms with E-state index in [1.807, 2.05) is 6.92 Å². The average Bonchev–Trinajstić information content (AvgIpc) is 3.14. The summed E-state index contributed by atoms with van der Waals surface area (Å²) in [6.07, 6.45) is 5.31. The average molecular weight is 355 g/mol. The highest BCUT2D eigenvalue weighted by Crippen LogP contribution is 2.41. The smallest absolute Gasteiger partial charge is 0.221 e. The molecule has 2 fully saturated rings. The molecule has 0 aromatic carbocycles. The van der Waals surface area contributed by atoms with Crippen molar-refractivity contribution in [2.45, 2.75) is 38.8 Å². The Morgan fingerprint density at radius 3 is 2.75 bits per heavy atom. The standard InChI is InChI=1S/C16H25N3O4S/c1-11-17-13(10-23-11)7-19-8-14(12-3-4-12)15(9-19)18-16(20)5-6-24(2,21)22/h10,12,14-15H,3-9H2,1-2H3,(H,18,20)/t14-,15+/m0/s1. The molecular weight excluding hydrogens is 330 g/mol. The van der Waals surface area contributed by atoms with Gasteiger partial charge in [0.15, 0.2) is 5.89 Å². The van der Waals surface area contributed by atoms with Gasteiger partial charge < -0.3 is 9.73 Å². The number of aryl methyl sites for hydroxylation is 1. The Labute approximate surface area is 142 Å². The number of nitrogens with one attached hydrogen (secondary N) is 1. The molecule has 1 amide bonds. The van der Waals surface area contributed by atoms with Crippen molar-refractivity contribution in [2.24, 2.45) is 11.8 Å². The second-order valence-corrected chi connectivity index (χ2v) is 9.37. The molecule has 1 saturated heterocycles. The van der Waals surface area contributed by atoms with Gasteiger partial charge in [0.05, 0.1) is 11.4 Å². The van der Waals surface area contributed by atoms with Gasteiger partial charge in [-0.25, -0.2) is 13.4 Å². The van der Waals surface area contributed by atoms with Gasteiger partial charge in [0.2, 0.25) is 5.91 Å². The van der Waals surface area contributed by atoms with Crippen LogP contribution in [0.5, 0.6) is 0 Å². The van der Waals surface area contributed by atoms with Crippen molar-refractivity contribution in [1.82, 2.24) is 15.2 Å². The van der Waals surface area contributed by atoms with Crippen LogP contribution in [0.3, 0.4) is 0 Å². The van der Waals surface area contributed by atoms with E-state index in [2.05, 4.69) is 15.2 Å². The van der Waals surface area contributed by atoms with Gasteiger partial charge in [-0.05, 0) is 24.7 Å². The maximum atomic E-state index is 12.1. The van der Waals surface area contributed by atoms with E-state index in [-0.39, 0.29) is 24.1 Å². The molecule has 134 valence electrons. The number of likely N-dealkylation sites (tertiary alicyclic amines) is 1. The van der Waals surface area contributed by atoms with Crippen molar-refractivity contribution >= 4 is 15.7 Å². The number of oxazole rings is 1. The van der Waals surface area contributed by atoms with Gasteiger partial charge in [0.1, 0.15) is 16.1 Å². The quantitative estimate of drug-likeness (QED) is 0.776. The maximum absolute atomic E-state index is 12.1. The van der Waals surface area contributed by atoms with Crippen LogP contribution >= 0.6 is 0 Å². The van der Waals surface area contributed by atoms with Crippen molar-refractivity contribution in [1.29, 1.82) is 0 Å². The Hall–Kier alpha value is -1.41. The van der Waals surface area contributed by atoms with E-state index in [0.717, 1.165) is 31.6 Å². The van der Waals surface area contributed by atoms with Crippen molar-refractivity contribution in [3.05, 3.63) is 17.8 Å². The van der Waals surface area contributed by atoms with Crippen LogP contribution < -0.4 is 5.32 Å².